The number of ether oxygens (including phenoxy) is 1. The third-order valence-electron chi connectivity index (χ3n) is 4.27. The molecule has 1 aliphatic rings. The maximum atomic E-state index is 12.4. The third-order valence-corrected chi connectivity index (χ3v) is 5.09. The molecule has 0 radical (unpaired) electrons. The summed E-state index contributed by atoms with van der Waals surface area (Å²) in [6.07, 6.45) is 1.79. The molecule has 0 unspecified atom stereocenters. The topological polar surface area (TPSA) is 88.5 Å². The van der Waals surface area contributed by atoms with E-state index in [1.165, 1.54) is 0 Å². The van der Waals surface area contributed by atoms with Gasteiger partial charge in [0.15, 0.2) is 0 Å². The summed E-state index contributed by atoms with van der Waals surface area (Å²) >= 11 is 1.57. The summed E-state index contributed by atoms with van der Waals surface area (Å²) in [6.45, 7) is 2.30. The van der Waals surface area contributed by atoms with Gasteiger partial charge in [0.2, 0.25) is 0 Å². The molecule has 1 fully saturated rings. The molecule has 2 N–H and O–H groups in total. The van der Waals surface area contributed by atoms with E-state index in [1.807, 2.05) is 12.3 Å². The molecule has 7 heteroatoms. The highest BCUT2D eigenvalue weighted by atomic mass is 32.1. The third kappa shape index (κ3) is 4.57. The Morgan fingerprint density at radius 3 is 2.92 bits per heavy atom. The number of carboxylic acid groups (broad SMARTS) is 1. The fraction of sp³-hybridized carbons (Fsp3) is 0.389. The number of aromatic nitrogens is 1. The minimum absolute atomic E-state index is 0.0869. The van der Waals surface area contributed by atoms with E-state index in [2.05, 4.69) is 10.3 Å². The van der Waals surface area contributed by atoms with E-state index in [-0.39, 0.29) is 17.9 Å². The first-order chi connectivity index (χ1) is 12.0. The van der Waals surface area contributed by atoms with Crippen molar-refractivity contribution in [3.05, 3.63) is 45.9 Å². The molecule has 1 saturated carbocycles. The molecule has 25 heavy (non-hydrogen) atoms. The number of carbonyl (C=O) groups excluding carboxylic acids is 1. The van der Waals surface area contributed by atoms with Gasteiger partial charge in [-0.3, -0.25) is 9.59 Å². The molecular formula is C18H20N2O4S. The largest absolute Gasteiger partial charge is 0.487 e. The molecule has 1 aromatic carbocycles. The molecule has 6 nitrogen and oxygen atoms in total. The second kappa shape index (κ2) is 7.65. The summed E-state index contributed by atoms with van der Waals surface area (Å²) in [7, 11) is 0. The first kappa shape index (κ1) is 17.4. The van der Waals surface area contributed by atoms with E-state index in [4.69, 9.17) is 9.84 Å². The van der Waals surface area contributed by atoms with Crippen LogP contribution in [0.15, 0.2) is 29.6 Å². The van der Waals surface area contributed by atoms with Crippen molar-refractivity contribution in [3.63, 3.8) is 0 Å². The molecule has 1 aromatic heterocycles. The number of carbonyl (C=O) groups is 2. The van der Waals surface area contributed by atoms with E-state index in [0.717, 1.165) is 10.7 Å². The lowest BCUT2D eigenvalue weighted by Crippen LogP contribution is -2.33. The smallest absolute Gasteiger partial charge is 0.306 e. The molecule has 0 aliphatic heterocycles. The zero-order valence-corrected chi connectivity index (χ0v) is 14.7. The number of thiazole rings is 1. The number of rotatable bonds is 6. The van der Waals surface area contributed by atoms with Gasteiger partial charge in [-0.15, -0.1) is 11.3 Å². The van der Waals surface area contributed by atoms with Crippen molar-refractivity contribution in [2.75, 3.05) is 0 Å². The summed E-state index contributed by atoms with van der Waals surface area (Å²) in [4.78, 5) is 27.7. The van der Waals surface area contributed by atoms with Crippen LogP contribution in [0.2, 0.25) is 0 Å². The van der Waals surface area contributed by atoms with Gasteiger partial charge in [-0.2, -0.15) is 0 Å². The number of nitrogens with zero attached hydrogens (tertiary/aromatic N) is 1. The van der Waals surface area contributed by atoms with Crippen molar-refractivity contribution < 1.29 is 19.4 Å². The van der Waals surface area contributed by atoms with Gasteiger partial charge in [0.25, 0.3) is 5.91 Å². The highest BCUT2D eigenvalue weighted by Crippen LogP contribution is 2.26. The van der Waals surface area contributed by atoms with Crippen molar-refractivity contribution in [1.29, 1.82) is 0 Å². The van der Waals surface area contributed by atoms with Crippen LogP contribution >= 0.6 is 11.3 Å². The Morgan fingerprint density at radius 2 is 2.24 bits per heavy atom. The van der Waals surface area contributed by atoms with Gasteiger partial charge in [-0.25, -0.2) is 4.98 Å². The van der Waals surface area contributed by atoms with E-state index < -0.39 is 5.97 Å². The predicted octanol–water partition coefficient (Wildman–Crippen LogP) is 3.01. The Balaban J connectivity index is 1.57. The van der Waals surface area contributed by atoms with Gasteiger partial charge in [-0.1, -0.05) is 6.07 Å². The number of benzene rings is 1. The second-order valence-corrected chi connectivity index (χ2v) is 7.26. The molecule has 1 amide bonds. The van der Waals surface area contributed by atoms with Crippen LogP contribution in [0.1, 0.15) is 40.3 Å². The Labute approximate surface area is 149 Å². The predicted molar refractivity (Wildman–Crippen MR) is 93.9 cm³/mol. The molecule has 3 rings (SSSR count). The van der Waals surface area contributed by atoms with E-state index in [1.54, 1.807) is 35.6 Å². The fourth-order valence-electron chi connectivity index (χ4n) is 2.96. The number of aryl methyl sites for hydroxylation is 1. The van der Waals surface area contributed by atoms with Gasteiger partial charge in [0.05, 0.1) is 16.6 Å². The molecule has 1 heterocycles. The van der Waals surface area contributed by atoms with Crippen LogP contribution in [0, 0.1) is 12.8 Å². The van der Waals surface area contributed by atoms with Gasteiger partial charge in [-0.05, 0) is 44.4 Å². The normalized spacial score (nSPS) is 19.6. The zero-order valence-electron chi connectivity index (χ0n) is 13.9. The lowest BCUT2D eigenvalue weighted by molar-refractivity contribution is -0.141. The van der Waals surface area contributed by atoms with Crippen molar-refractivity contribution in [2.45, 2.75) is 38.8 Å². The molecule has 0 saturated heterocycles. The van der Waals surface area contributed by atoms with Crippen LogP contribution < -0.4 is 10.1 Å². The van der Waals surface area contributed by atoms with Crippen LogP contribution in [-0.2, 0) is 11.4 Å². The zero-order chi connectivity index (χ0) is 17.8. The first-order valence-corrected chi connectivity index (χ1v) is 9.07. The molecule has 0 bridgehead atoms. The van der Waals surface area contributed by atoms with Crippen LogP contribution in [0.5, 0.6) is 5.75 Å². The van der Waals surface area contributed by atoms with Gasteiger partial charge in [0, 0.05) is 17.0 Å². The summed E-state index contributed by atoms with van der Waals surface area (Å²) in [6, 6.07) is 6.89. The quantitative estimate of drug-likeness (QED) is 0.827. The van der Waals surface area contributed by atoms with Crippen LogP contribution in [0.4, 0.5) is 0 Å². The summed E-state index contributed by atoms with van der Waals surface area (Å²) in [5.41, 5.74) is 1.37. The number of hydrogen-bond donors (Lipinski definition) is 2. The molecular weight excluding hydrogens is 340 g/mol. The molecule has 132 valence electrons. The van der Waals surface area contributed by atoms with Crippen LogP contribution in [0.25, 0.3) is 0 Å². The van der Waals surface area contributed by atoms with E-state index in [9.17, 15) is 9.59 Å². The average Bonchev–Trinajstić information content (AvgIpc) is 3.22. The standard InChI is InChI=1S/C18H20N2O4S/c1-11-19-15(10-25-11)9-24-16-4-2-3-12(8-16)17(21)20-14-6-5-13(7-14)18(22)23/h2-4,8,10,13-14H,5-7,9H2,1H3,(H,20,21)(H,22,23)/t13-,14+/m0/s1. The van der Waals surface area contributed by atoms with Crippen molar-refractivity contribution in [1.82, 2.24) is 10.3 Å². The monoisotopic (exact) mass is 360 g/mol. The van der Waals surface area contributed by atoms with Gasteiger partial charge in [0.1, 0.15) is 12.4 Å². The summed E-state index contributed by atoms with van der Waals surface area (Å²) in [5.74, 6) is -0.745. The maximum absolute atomic E-state index is 12.4. The number of carboxylic acids is 1. The number of nitrogens with one attached hydrogen (secondary N) is 1. The van der Waals surface area contributed by atoms with Crippen molar-refractivity contribution >= 4 is 23.2 Å². The molecule has 0 spiro atoms. The van der Waals surface area contributed by atoms with Crippen molar-refractivity contribution in [3.8, 4) is 5.75 Å². The van der Waals surface area contributed by atoms with Crippen molar-refractivity contribution in [2.24, 2.45) is 5.92 Å². The molecule has 2 aromatic rings. The first-order valence-electron chi connectivity index (χ1n) is 8.19. The Hall–Kier alpha value is -2.41. The van der Waals surface area contributed by atoms with E-state index in [0.29, 0.717) is 37.2 Å². The number of hydrogen-bond acceptors (Lipinski definition) is 5. The maximum Gasteiger partial charge on any atom is 0.306 e. The Kier molecular flexibility index (Phi) is 5.33. The van der Waals surface area contributed by atoms with Gasteiger partial charge >= 0.3 is 5.97 Å². The fourth-order valence-corrected chi connectivity index (χ4v) is 3.56. The molecule has 1 aliphatic carbocycles. The Morgan fingerprint density at radius 1 is 1.40 bits per heavy atom. The Bertz CT molecular complexity index is 774. The minimum atomic E-state index is -0.788. The highest BCUT2D eigenvalue weighted by Gasteiger charge is 2.30. The molecule has 2 atom stereocenters. The lowest BCUT2D eigenvalue weighted by atomic mass is 10.1. The SMILES string of the molecule is Cc1nc(COc2cccc(C(=O)N[C@@H]3CC[C@H](C(=O)O)C3)c2)cs1. The number of amides is 1. The lowest BCUT2D eigenvalue weighted by Gasteiger charge is -2.13. The second-order valence-electron chi connectivity index (χ2n) is 6.19. The minimum Gasteiger partial charge on any atom is -0.487 e. The van der Waals surface area contributed by atoms with Gasteiger partial charge < -0.3 is 15.2 Å². The van der Waals surface area contributed by atoms with Crippen LogP contribution in [-0.4, -0.2) is 28.0 Å². The van der Waals surface area contributed by atoms with E-state index >= 15 is 0 Å². The van der Waals surface area contributed by atoms with Crippen LogP contribution in [0.3, 0.4) is 0 Å². The summed E-state index contributed by atoms with van der Waals surface area (Å²) < 4.78 is 5.70. The average molecular weight is 360 g/mol. The number of aliphatic carboxylic acids is 1. The highest BCUT2D eigenvalue weighted by molar-refractivity contribution is 7.09. The summed E-state index contributed by atoms with van der Waals surface area (Å²) in [5, 5.41) is 14.9.